The standard InChI is InChI=1S/C14H13BrN2O/c1-9-7-8-16-10(2)13(9)17-14(18)11-5-3-4-6-12(11)15/h3-8H,1-2H3,(H,17,18). The number of nitrogens with zero attached hydrogens (tertiary/aromatic N) is 1. The van der Waals surface area contributed by atoms with E-state index in [0.29, 0.717) is 5.56 Å². The molecule has 4 heteroatoms. The quantitative estimate of drug-likeness (QED) is 0.919. The van der Waals surface area contributed by atoms with E-state index in [9.17, 15) is 4.79 Å². The average molecular weight is 305 g/mol. The summed E-state index contributed by atoms with van der Waals surface area (Å²) in [6.07, 6.45) is 1.73. The maximum atomic E-state index is 12.2. The van der Waals surface area contributed by atoms with Crippen LogP contribution < -0.4 is 5.32 Å². The SMILES string of the molecule is Cc1ccnc(C)c1NC(=O)c1ccccc1Br. The lowest BCUT2D eigenvalue weighted by Crippen LogP contribution is -2.14. The predicted octanol–water partition coefficient (Wildman–Crippen LogP) is 3.71. The molecule has 2 rings (SSSR count). The molecule has 0 bridgehead atoms. The second-order valence-corrected chi connectivity index (χ2v) is 4.88. The number of carbonyl (C=O) groups is 1. The number of aromatic nitrogens is 1. The molecule has 1 heterocycles. The minimum atomic E-state index is -0.137. The number of carbonyl (C=O) groups excluding carboxylic acids is 1. The van der Waals surface area contributed by atoms with Crippen molar-refractivity contribution in [3.63, 3.8) is 0 Å². The molecule has 0 unspecified atom stereocenters. The van der Waals surface area contributed by atoms with E-state index >= 15 is 0 Å². The first kappa shape index (κ1) is 12.8. The Morgan fingerprint density at radius 2 is 1.94 bits per heavy atom. The average Bonchev–Trinajstić information content (AvgIpc) is 2.34. The van der Waals surface area contributed by atoms with E-state index in [1.165, 1.54) is 0 Å². The van der Waals surface area contributed by atoms with Crippen LogP contribution in [-0.2, 0) is 0 Å². The first-order valence-corrected chi connectivity index (χ1v) is 6.37. The van der Waals surface area contributed by atoms with E-state index in [4.69, 9.17) is 0 Å². The number of hydrogen-bond acceptors (Lipinski definition) is 2. The molecular formula is C14H13BrN2O. The van der Waals surface area contributed by atoms with Crippen LogP contribution in [0.2, 0.25) is 0 Å². The van der Waals surface area contributed by atoms with Gasteiger partial charge in [-0.25, -0.2) is 0 Å². The number of aryl methyl sites for hydroxylation is 2. The van der Waals surface area contributed by atoms with Crippen LogP contribution in [0.1, 0.15) is 21.6 Å². The maximum absolute atomic E-state index is 12.2. The van der Waals surface area contributed by atoms with Gasteiger partial charge in [-0.1, -0.05) is 12.1 Å². The fraction of sp³-hybridized carbons (Fsp3) is 0.143. The van der Waals surface area contributed by atoms with Gasteiger partial charge in [-0.3, -0.25) is 9.78 Å². The van der Waals surface area contributed by atoms with Crippen LogP contribution in [0.25, 0.3) is 0 Å². The van der Waals surface area contributed by atoms with E-state index in [1.807, 2.05) is 38.1 Å². The van der Waals surface area contributed by atoms with Crippen molar-refractivity contribution in [1.29, 1.82) is 0 Å². The highest BCUT2D eigenvalue weighted by Crippen LogP contribution is 2.21. The Hall–Kier alpha value is -1.68. The summed E-state index contributed by atoms with van der Waals surface area (Å²) in [5.74, 6) is -0.137. The van der Waals surface area contributed by atoms with Gasteiger partial charge in [-0.2, -0.15) is 0 Å². The number of rotatable bonds is 2. The van der Waals surface area contributed by atoms with E-state index in [0.717, 1.165) is 21.4 Å². The summed E-state index contributed by atoms with van der Waals surface area (Å²) < 4.78 is 0.779. The topological polar surface area (TPSA) is 42.0 Å². The van der Waals surface area contributed by atoms with Gasteiger partial charge >= 0.3 is 0 Å². The molecule has 0 spiro atoms. The van der Waals surface area contributed by atoms with Crippen LogP contribution >= 0.6 is 15.9 Å². The fourth-order valence-corrected chi connectivity index (χ4v) is 2.17. The van der Waals surface area contributed by atoms with Gasteiger partial charge in [-0.15, -0.1) is 0 Å². The van der Waals surface area contributed by atoms with Gasteiger partial charge in [0.15, 0.2) is 0 Å². The van der Waals surface area contributed by atoms with E-state index in [-0.39, 0.29) is 5.91 Å². The molecule has 3 nitrogen and oxygen atoms in total. The second kappa shape index (κ2) is 5.31. The highest BCUT2D eigenvalue weighted by molar-refractivity contribution is 9.10. The zero-order valence-electron chi connectivity index (χ0n) is 10.2. The van der Waals surface area contributed by atoms with Crippen molar-refractivity contribution in [2.24, 2.45) is 0 Å². The molecule has 0 saturated carbocycles. The van der Waals surface area contributed by atoms with Crippen molar-refractivity contribution in [1.82, 2.24) is 4.98 Å². The second-order valence-electron chi connectivity index (χ2n) is 4.02. The van der Waals surface area contributed by atoms with Crippen LogP contribution in [0.5, 0.6) is 0 Å². The highest BCUT2D eigenvalue weighted by Gasteiger charge is 2.12. The van der Waals surface area contributed by atoms with Gasteiger partial charge in [0, 0.05) is 10.7 Å². The number of hydrogen-bond donors (Lipinski definition) is 1. The maximum Gasteiger partial charge on any atom is 0.256 e. The van der Waals surface area contributed by atoms with Crippen LogP contribution in [0.3, 0.4) is 0 Å². The van der Waals surface area contributed by atoms with Gasteiger partial charge < -0.3 is 5.32 Å². The lowest BCUT2D eigenvalue weighted by molar-refractivity contribution is 0.102. The van der Waals surface area contributed by atoms with Crippen molar-refractivity contribution in [2.45, 2.75) is 13.8 Å². The van der Waals surface area contributed by atoms with Crippen LogP contribution in [-0.4, -0.2) is 10.9 Å². The highest BCUT2D eigenvalue weighted by atomic mass is 79.9. The first-order valence-electron chi connectivity index (χ1n) is 5.57. The number of benzene rings is 1. The summed E-state index contributed by atoms with van der Waals surface area (Å²) in [4.78, 5) is 16.4. The molecule has 0 radical (unpaired) electrons. The van der Waals surface area contributed by atoms with Crippen molar-refractivity contribution in [3.05, 3.63) is 57.8 Å². The summed E-state index contributed by atoms with van der Waals surface area (Å²) in [7, 11) is 0. The molecule has 1 amide bonds. The number of pyridine rings is 1. The van der Waals surface area contributed by atoms with Gasteiger partial charge in [0.2, 0.25) is 0 Å². The van der Waals surface area contributed by atoms with Gasteiger partial charge in [0.25, 0.3) is 5.91 Å². The van der Waals surface area contributed by atoms with Crippen LogP contribution in [0.4, 0.5) is 5.69 Å². The fourth-order valence-electron chi connectivity index (χ4n) is 1.71. The molecule has 1 aromatic heterocycles. The zero-order valence-corrected chi connectivity index (χ0v) is 11.8. The summed E-state index contributed by atoms with van der Waals surface area (Å²) in [6.45, 7) is 3.83. The number of nitrogens with one attached hydrogen (secondary N) is 1. The molecule has 1 N–H and O–H groups in total. The third-order valence-electron chi connectivity index (χ3n) is 2.71. The Kier molecular flexibility index (Phi) is 3.77. The minimum absolute atomic E-state index is 0.137. The summed E-state index contributed by atoms with van der Waals surface area (Å²) in [5.41, 5.74) is 3.21. The third-order valence-corrected chi connectivity index (χ3v) is 3.40. The molecule has 0 aliphatic rings. The van der Waals surface area contributed by atoms with Gasteiger partial charge in [-0.05, 0) is 53.5 Å². The predicted molar refractivity (Wildman–Crippen MR) is 75.8 cm³/mol. The Morgan fingerprint density at radius 3 is 2.61 bits per heavy atom. The molecule has 0 atom stereocenters. The summed E-state index contributed by atoms with van der Waals surface area (Å²) in [6, 6.07) is 9.21. The monoisotopic (exact) mass is 304 g/mol. The molecule has 1 aromatic carbocycles. The zero-order chi connectivity index (χ0) is 13.1. The van der Waals surface area contributed by atoms with Crippen molar-refractivity contribution in [3.8, 4) is 0 Å². The van der Waals surface area contributed by atoms with Crippen molar-refractivity contribution < 1.29 is 4.79 Å². The number of anilines is 1. The Morgan fingerprint density at radius 1 is 1.22 bits per heavy atom. The minimum Gasteiger partial charge on any atom is -0.320 e. The van der Waals surface area contributed by atoms with E-state index in [2.05, 4.69) is 26.2 Å². The Labute approximate surface area is 114 Å². The molecule has 0 aliphatic carbocycles. The molecule has 0 fully saturated rings. The third kappa shape index (κ3) is 2.59. The van der Waals surface area contributed by atoms with Gasteiger partial charge in [0.05, 0.1) is 16.9 Å². The van der Waals surface area contributed by atoms with E-state index < -0.39 is 0 Å². The molecule has 92 valence electrons. The molecule has 18 heavy (non-hydrogen) atoms. The van der Waals surface area contributed by atoms with Crippen molar-refractivity contribution in [2.75, 3.05) is 5.32 Å². The normalized spacial score (nSPS) is 10.2. The smallest absolute Gasteiger partial charge is 0.256 e. The Balaban J connectivity index is 2.30. The summed E-state index contributed by atoms with van der Waals surface area (Å²) in [5, 5.41) is 2.90. The number of halogens is 1. The largest absolute Gasteiger partial charge is 0.320 e. The first-order chi connectivity index (χ1) is 8.59. The van der Waals surface area contributed by atoms with Crippen molar-refractivity contribution >= 4 is 27.5 Å². The summed E-state index contributed by atoms with van der Waals surface area (Å²) >= 11 is 3.37. The lowest BCUT2D eigenvalue weighted by atomic mass is 10.1. The Bertz CT molecular complexity index is 576. The molecular weight excluding hydrogens is 292 g/mol. The molecule has 2 aromatic rings. The van der Waals surface area contributed by atoms with Crippen LogP contribution in [0, 0.1) is 13.8 Å². The molecule has 0 aliphatic heterocycles. The molecule has 0 saturated heterocycles. The number of amides is 1. The lowest BCUT2D eigenvalue weighted by Gasteiger charge is -2.11. The van der Waals surface area contributed by atoms with E-state index in [1.54, 1.807) is 12.3 Å². The van der Waals surface area contributed by atoms with Crippen LogP contribution in [0.15, 0.2) is 41.0 Å². The van der Waals surface area contributed by atoms with Gasteiger partial charge in [0.1, 0.15) is 0 Å².